The average molecular weight is 447 g/mol. The Kier molecular flexibility index (Phi) is 5.19. The van der Waals surface area contributed by atoms with E-state index in [2.05, 4.69) is 16.3 Å². The van der Waals surface area contributed by atoms with Gasteiger partial charge in [-0.15, -0.1) is 0 Å². The second-order valence-corrected chi connectivity index (χ2v) is 8.67. The molecular weight excluding hydrogens is 424 g/mol. The van der Waals surface area contributed by atoms with Gasteiger partial charge in [-0.05, 0) is 53.8 Å². The summed E-state index contributed by atoms with van der Waals surface area (Å²) in [5, 5.41) is 7.95. The van der Waals surface area contributed by atoms with Crippen molar-refractivity contribution >= 4 is 22.8 Å². The number of benzene rings is 2. The molecule has 1 aliphatic heterocycles. The number of hydrogen-bond donors (Lipinski definition) is 1. The predicted octanol–water partition coefficient (Wildman–Crippen LogP) is 4.65. The van der Waals surface area contributed by atoms with E-state index < -0.39 is 5.92 Å². The molecule has 5 rings (SSSR count). The fourth-order valence-electron chi connectivity index (χ4n) is 4.46. The number of amides is 1. The quantitative estimate of drug-likeness (QED) is 0.622. The topological polar surface area (TPSA) is 66.1 Å². The summed E-state index contributed by atoms with van der Waals surface area (Å²) in [6.45, 7) is 1.98. The van der Waals surface area contributed by atoms with Crippen LogP contribution in [0.25, 0.3) is 28.0 Å². The van der Waals surface area contributed by atoms with E-state index in [1.807, 2.05) is 43.3 Å². The molecule has 0 radical (unpaired) electrons. The van der Waals surface area contributed by atoms with Crippen LogP contribution in [0.15, 0.2) is 58.9 Å². The van der Waals surface area contributed by atoms with Gasteiger partial charge in [-0.1, -0.05) is 36.4 Å². The molecule has 168 valence electrons. The predicted molar refractivity (Wildman–Crippen MR) is 124 cm³/mol. The van der Waals surface area contributed by atoms with Crippen LogP contribution in [0.5, 0.6) is 0 Å². The highest BCUT2D eigenvalue weighted by atomic mass is 19.3. The maximum absolute atomic E-state index is 13.5. The first-order valence-corrected chi connectivity index (χ1v) is 11.0. The van der Waals surface area contributed by atoms with Gasteiger partial charge in [0, 0.05) is 36.9 Å². The number of rotatable bonds is 2. The standard InChI is InChI=1S/C26H23F2N3O2/c1-16-23-15-20(7-9-22(23)24(32)30-29-16)21-8-3-17-2-4-18(5-6-19(21)14-17)25(33)31-12-10-26(27,28)11-13-31/h3-9,14-15H,2,10-13H2,1H3,(H,30,32)/b6-5-,18-4+. The lowest BCUT2D eigenvalue weighted by Crippen LogP contribution is -2.43. The van der Waals surface area contributed by atoms with Crippen LogP contribution in [0.1, 0.15) is 29.7 Å². The van der Waals surface area contributed by atoms with Gasteiger partial charge in [0.2, 0.25) is 0 Å². The molecule has 7 heteroatoms. The van der Waals surface area contributed by atoms with Crippen LogP contribution in [-0.4, -0.2) is 40.0 Å². The average Bonchev–Trinajstić information content (AvgIpc) is 2.80. The number of likely N-dealkylation sites (tertiary alicyclic amines) is 1. The molecule has 0 unspecified atom stereocenters. The summed E-state index contributed by atoms with van der Waals surface area (Å²) in [7, 11) is 0. The van der Waals surface area contributed by atoms with Gasteiger partial charge in [-0.2, -0.15) is 5.10 Å². The highest BCUT2D eigenvalue weighted by Gasteiger charge is 2.35. The maximum atomic E-state index is 13.5. The summed E-state index contributed by atoms with van der Waals surface area (Å²) in [5.41, 5.74) is 4.96. The number of aromatic amines is 1. The fraction of sp³-hybridized carbons (Fsp3) is 0.269. The lowest BCUT2D eigenvalue weighted by molar-refractivity contribution is -0.132. The molecule has 0 atom stereocenters. The summed E-state index contributed by atoms with van der Waals surface area (Å²) in [6, 6.07) is 11.8. The van der Waals surface area contributed by atoms with Gasteiger partial charge in [-0.25, -0.2) is 13.9 Å². The number of allylic oxidation sites excluding steroid dienone is 1. The number of fused-ring (bicyclic) bond motifs is 3. The third kappa shape index (κ3) is 4.11. The number of halogens is 2. The van der Waals surface area contributed by atoms with Crippen molar-refractivity contribution in [2.24, 2.45) is 0 Å². The van der Waals surface area contributed by atoms with E-state index in [0.717, 1.165) is 33.3 Å². The first-order chi connectivity index (χ1) is 15.8. The van der Waals surface area contributed by atoms with Gasteiger partial charge in [-0.3, -0.25) is 9.59 Å². The van der Waals surface area contributed by atoms with Crippen LogP contribution in [0.3, 0.4) is 0 Å². The molecule has 2 bridgehead atoms. The molecule has 1 N–H and O–H groups in total. The molecule has 2 heterocycles. The molecule has 1 fully saturated rings. The summed E-state index contributed by atoms with van der Waals surface area (Å²) < 4.78 is 27.0. The van der Waals surface area contributed by atoms with E-state index in [1.54, 1.807) is 12.1 Å². The van der Waals surface area contributed by atoms with Crippen molar-refractivity contribution in [1.29, 1.82) is 0 Å². The van der Waals surface area contributed by atoms with E-state index >= 15 is 0 Å². The van der Waals surface area contributed by atoms with Gasteiger partial charge in [0.25, 0.3) is 17.4 Å². The summed E-state index contributed by atoms with van der Waals surface area (Å²) in [4.78, 5) is 26.6. The van der Waals surface area contributed by atoms with Crippen LogP contribution >= 0.6 is 0 Å². The molecule has 2 aliphatic rings. The van der Waals surface area contributed by atoms with Crippen LogP contribution in [0, 0.1) is 6.92 Å². The second kappa shape index (κ2) is 8.06. The van der Waals surface area contributed by atoms with Gasteiger partial charge >= 0.3 is 0 Å². The Morgan fingerprint density at radius 2 is 1.85 bits per heavy atom. The van der Waals surface area contributed by atoms with Crippen molar-refractivity contribution in [2.75, 3.05) is 13.1 Å². The van der Waals surface area contributed by atoms with Crippen molar-refractivity contribution in [3.63, 3.8) is 0 Å². The van der Waals surface area contributed by atoms with E-state index in [4.69, 9.17) is 0 Å². The molecule has 33 heavy (non-hydrogen) atoms. The zero-order chi connectivity index (χ0) is 23.2. The Bertz CT molecular complexity index is 1380. The first kappa shape index (κ1) is 21.2. The highest BCUT2D eigenvalue weighted by molar-refractivity contribution is 5.98. The number of carbonyl (C=O) groups excluding carboxylic acids is 1. The van der Waals surface area contributed by atoms with E-state index in [9.17, 15) is 18.4 Å². The van der Waals surface area contributed by atoms with Gasteiger partial charge < -0.3 is 4.90 Å². The molecule has 1 saturated heterocycles. The lowest BCUT2D eigenvalue weighted by atomic mass is 9.92. The Hall–Kier alpha value is -3.61. The minimum atomic E-state index is -2.69. The monoisotopic (exact) mass is 447 g/mol. The van der Waals surface area contributed by atoms with Crippen LogP contribution in [0.4, 0.5) is 8.78 Å². The molecule has 1 aliphatic carbocycles. The minimum Gasteiger partial charge on any atom is -0.338 e. The third-order valence-corrected chi connectivity index (χ3v) is 6.44. The molecule has 0 saturated carbocycles. The Labute approximate surface area is 189 Å². The molecule has 2 aromatic carbocycles. The molecule has 1 amide bonds. The largest absolute Gasteiger partial charge is 0.338 e. The minimum absolute atomic E-state index is 0.0666. The SMILES string of the molecule is Cc1n[nH]c(=O)c2ccc(-c3ccc4cc3/C=C\C(C(=O)N3CCC(F)(F)CC3)=C/C4)cc12. The number of nitrogens with zero attached hydrogens (tertiary/aromatic N) is 2. The fourth-order valence-corrected chi connectivity index (χ4v) is 4.46. The first-order valence-electron chi connectivity index (χ1n) is 11.0. The summed E-state index contributed by atoms with van der Waals surface area (Å²) >= 11 is 0. The number of H-pyrrole nitrogens is 1. The van der Waals surface area contributed by atoms with Gasteiger partial charge in [0.15, 0.2) is 0 Å². The van der Waals surface area contributed by atoms with Crippen LogP contribution < -0.4 is 5.56 Å². The van der Waals surface area contributed by atoms with Gasteiger partial charge in [0.05, 0.1) is 11.1 Å². The molecule has 3 aromatic rings. The number of aryl methyl sites for hydroxylation is 1. The van der Waals surface area contributed by atoms with E-state index in [0.29, 0.717) is 17.4 Å². The number of nitrogens with one attached hydrogen (secondary N) is 1. The van der Waals surface area contributed by atoms with Crippen molar-refractivity contribution < 1.29 is 13.6 Å². The van der Waals surface area contributed by atoms with E-state index in [-0.39, 0.29) is 37.4 Å². The van der Waals surface area contributed by atoms with Crippen molar-refractivity contribution in [3.8, 4) is 11.1 Å². The molecule has 5 nitrogen and oxygen atoms in total. The van der Waals surface area contributed by atoms with Crippen LogP contribution in [-0.2, 0) is 11.2 Å². The lowest BCUT2D eigenvalue weighted by Gasteiger charge is -2.32. The number of piperidine rings is 1. The Morgan fingerprint density at radius 3 is 2.64 bits per heavy atom. The number of hydrogen-bond acceptors (Lipinski definition) is 3. The number of alkyl halides is 2. The highest BCUT2D eigenvalue weighted by Crippen LogP contribution is 2.31. The Balaban J connectivity index is 1.47. The molecular formula is C26H23F2N3O2. The molecule has 1 aromatic heterocycles. The number of carbonyl (C=O) groups is 1. The zero-order valence-corrected chi connectivity index (χ0v) is 18.2. The van der Waals surface area contributed by atoms with Crippen LogP contribution in [0.2, 0.25) is 0 Å². The van der Waals surface area contributed by atoms with Crippen molar-refractivity contribution in [3.05, 3.63) is 81.3 Å². The smallest absolute Gasteiger partial charge is 0.272 e. The zero-order valence-electron chi connectivity index (χ0n) is 18.2. The Morgan fingerprint density at radius 1 is 1.06 bits per heavy atom. The summed E-state index contributed by atoms with van der Waals surface area (Å²) in [6.07, 6.45) is 5.53. The normalized spacial score (nSPS) is 20.0. The van der Waals surface area contributed by atoms with Crippen molar-refractivity contribution in [1.82, 2.24) is 15.1 Å². The number of aromatic nitrogens is 2. The summed E-state index contributed by atoms with van der Waals surface area (Å²) in [5.74, 6) is -2.90. The third-order valence-electron chi connectivity index (χ3n) is 6.44. The van der Waals surface area contributed by atoms with Gasteiger partial charge in [0.1, 0.15) is 0 Å². The van der Waals surface area contributed by atoms with Crippen molar-refractivity contribution in [2.45, 2.75) is 32.1 Å². The second-order valence-electron chi connectivity index (χ2n) is 8.67. The van der Waals surface area contributed by atoms with E-state index in [1.165, 1.54) is 4.90 Å². The molecule has 0 spiro atoms. The maximum Gasteiger partial charge on any atom is 0.272 e.